The van der Waals surface area contributed by atoms with Crippen LogP contribution in [0.5, 0.6) is 0 Å². The predicted octanol–water partition coefficient (Wildman–Crippen LogP) is 2.18. The molecule has 1 aromatic rings. The van der Waals surface area contributed by atoms with Crippen molar-refractivity contribution in [1.82, 2.24) is 14.9 Å². The van der Waals surface area contributed by atoms with Crippen molar-refractivity contribution < 1.29 is 13.2 Å². The van der Waals surface area contributed by atoms with Crippen LogP contribution in [0.15, 0.2) is 23.1 Å². The quantitative estimate of drug-likeness (QED) is 0.825. The van der Waals surface area contributed by atoms with E-state index in [1.165, 1.54) is 6.42 Å². The van der Waals surface area contributed by atoms with Gasteiger partial charge in [-0.05, 0) is 56.7 Å². The number of hydrogen-bond donors (Lipinski definition) is 2. The molecular formula is C20H29N3O3S. The molecule has 1 aliphatic carbocycles. The lowest BCUT2D eigenvalue weighted by molar-refractivity contribution is 0.0748. The van der Waals surface area contributed by atoms with Crippen molar-refractivity contribution in [3.8, 4) is 0 Å². The summed E-state index contributed by atoms with van der Waals surface area (Å²) in [6.45, 7) is 3.21. The Morgan fingerprint density at radius 1 is 1.11 bits per heavy atom. The number of carbonyl (C=O) groups is 1. The summed E-state index contributed by atoms with van der Waals surface area (Å²) in [5.41, 5.74) is 1.14. The lowest BCUT2D eigenvalue weighted by Gasteiger charge is -2.25. The minimum atomic E-state index is -3.61. The van der Waals surface area contributed by atoms with Gasteiger partial charge in [0.05, 0.1) is 4.90 Å². The zero-order valence-electron chi connectivity index (χ0n) is 15.9. The first-order valence-electron chi connectivity index (χ1n) is 10.1. The van der Waals surface area contributed by atoms with Gasteiger partial charge >= 0.3 is 0 Å². The third-order valence-corrected chi connectivity index (χ3v) is 7.87. The van der Waals surface area contributed by atoms with Crippen molar-refractivity contribution >= 4 is 15.9 Å². The van der Waals surface area contributed by atoms with Crippen LogP contribution in [0.3, 0.4) is 0 Å². The molecule has 3 aliphatic rings. The number of amides is 1. The average molecular weight is 392 g/mol. The number of sulfonamides is 1. The normalized spacial score (nSPS) is 26.3. The summed E-state index contributed by atoms with van der Waals surface area (Å²) in [6.07, 6.45) is 7.16. The average Bonchev–Trinajstić information content (AvgIpc) is 3.23. The van der Waals surface area contributed by atoms with Crippen molar-refractivity contribution in [2.45, 2.75) is 74.9 Å². The minimum absolute atomic E-state index is 0.0148. The Kier molecular flexibility index (Phi) is 5.27. The van der Waals surface area contributed by atoms with Gasteiger partial charge in [-0.1, -0.05) is 18.9 Å². The smallest absolute Gasteiger partial charge is 0.253 e. The van der Waals surface area contributed by atoms with Gasteiger partial charge in [0.25, 0.3) is 5.91 Å². The van der Waals surface area contributed by atoms with E-state index in [1.54, 1.807) is 25.1 Å². The monoisotopic (exact) mass is 391 g/mol. The summed E-state index contributed by atoms with van der Waals surface area (Å²) in [4.78, 5) is 15.2. The highest BCUT2D eigenvalue weighted by Gasteiger charge is 2.32. The topological polar surface area (TPSA) is 78.5 Å². The Labute approximate surface area is 161 Å². The predicted molar refractivity (Wildman–Crippen MR) is 104 cm³/mol. The van der Waals surface area contributed by atoms with Crippen LogP contribution in [0.2, 0.25) is 0 Å². The molecule has 0 aromatic heterocycles. The molecule has 2 aliphatic heterocycles. The summed E-state index contributed by atoms with van der Waals surface area (Å²) in [7, 11) is -3.61. The third-order valence-electron chi connectivity index (χ3n) is 6.21. The van der Waals surface area contributed by atoms with E-state index >= 15 is 0 Å². The maximum Gasteiger partial charge on any atom is 0.253 e. The second-order valence-electron chi connectivity index (χ2n) is 8.26. The molecule has 2 unspecified atom stereocenters. The van der Waals surface area contributed by atoms with Crippen LogP contribution in [0, 0.1) is 6.92 Å². The molecule has 3 fully saturated rings. The molecule has 4 rings (SSSR count). The molecule has 2 bridgehead atoms. The van der Waals surface area contributed by atoms with Gasteiger partial charge in [0, 0.05) is 36.8 Å². The van der Waals surface area contributed by atoms with Crippen LogP contribution in [0.4, 0.5) is 0 Å². The number of carbonyl (C=O) groups excluding carboxylic acids is 1. The van der Waals surface area contributed by atoms with E-state index in [1.807, 2.05) is 4.90 Å². The number of benzene rings is 1. The fraction of sp³-hybridized carbons (Fsp3) is 0.650. The molecule has 6 nitrogen and oxygen atoms in total. The highest BCUT2D eigenvalue weighted by atomic mass is 32.2. The first kappa shape index (κ1) is 18.9. The van der Waals surface area contributed by atoms with Crippen molar-refractivity contribution in [3.05, 3.63) is 29.3 Å². The zero-order chi connectivity index (χ0) is 19.0. The first-order chi connectivity index (χ1) is 12.9. The molecule has 148 valence electrons. The van der Waals surface area contributed by atoms with Gasteiger partial charge in [-0.25, -0.2) is 13.1 Å². The molecule has 1 amide bonds. The maximum absolute atomic E-state index is 13.0. The largest absolute Gasteiger partial charge is 0.337 e. The molecule has 7 heteroatoms. The van der Waals surface area contributed by atoms with E-state index in [9.17, 15) is 13.2 Å². The van der Waals surface area contributed by atoms with Crippen molar-refractivity contribution in [1.29, 1.82) is 0 Å². The van der Waals surface area contributed by atoms with Gasteiger partial charge in [-0.3, -0.25) is 4.79 Å². The van der Waals surface area contributed by atoms with Crippen LogP contribution >= 0.6 is 0 Å². The van der Waals surface area contributed by atoms with Crippen LogP contribution in [-0.4, -0.2) is 50.4 Å². The van der Waals surface area contributed by atoms with Crippen LogP contribution in [0.25, 0.3) is 0 Å². The molecule has 1 aromatic carbocycles. The number of hydrogen-bond acceptors (Lipinski definition) is 4. The third kappa shape index (κ3) is 4.05. The molecule has 0 radical (unpaired) electrons. The van der Waals surface area contributed by atoms with E-state index < -0.39 is 10.0 Å². The van der Waals surface area contributed by atoms with Gasteiger partial charge in [0.15, 0.2) is 0 Å². The molecule has 2 atom stereocenters. The molecule has 1 saturated carbocycles. The van der Waals surface area contributed by atoms with Crippen LogP contribution < -0.4 is 10.0 Å². The van der Waals surface area contributed by atoms with Crippen molar-refractivity contribution in [2.24, 2.45) is 0 Å². The summed E-state index contributed by atoms with van der Waals surface area (Å²) < 4.78 is 28.6. The second kappa shape index (κ2) is 7.53. The van der Waals surface area contributed by atoms with Gasteiger partial charge in [0.2, 0.25) is 10.0 Å². The molecule has 27 heavy (non-hydrogen) atoms. The van der Waals surface area contributed by atoms with Gasteiger partial charge in [0.1, 0.15) is 0 Å². The number of nitrogens with one attached hydrogen (secondary N) is 2. The molecular weight excluding hydrogens is 362 g/mol. The number of nitrogens with zero attached hydrogens (tertiary/aromatic N) is 1. The Morgan fingerprint density at radius 3 is 2.63 bits per heavy atom. The number of fused-ring (bicyclic) bond motifs is 2. The van der Waals surface area contributed by atoms with Gasteiger partial charge < -0.3 is 10.2 Å². The first-order valence-corrected chi connectivity index (χ1v) is 11.6. The van der Waals surface area contributed by atoms with E-state index in [0.29, 0.717) is 29.8 Å². The zero-order valence-corrected chi connectivity index (χ0v) is 16.7. The van der Waals surface area contributed by atoms with E-state index in [2.05, 4.69) is 10.0 Å². The fourth-order valence-electron chi connectivity index (χ4n) is 4.66. The summed E-state index contributed by atoms with van der Waals surface area (Å²) in [5, 5.41) is 3.57. The van der Waals surface area contributed by atoms with Crippen LogP contribution in [-0.2, 0) is 10.0 Å². The Balaban J connectivity index is 1.55. The van der Waals surface area contributed by atoms with E-state index in [0.717, 1.165) is 45.1 Å². The highest BCUT2D eigenvalue weighted by Crippen LogP contribution is 2.25. The van der Waals surface area contributed by atoms with Gasteiger partial charge in [-0.2, -0.15) is 0 Å². The summed E-state index contributed by atoms with van der Waals surface area (Å²) >= 11 is 0. The lowest BCUT2D eigenvalue weighted by atomic mass is 10.1. The Hall–Kier alpha value is -1.44. The molecule has 2 saturated heterocycles. The van der Waals surface area contributed by atoms with Crippen molar-refractivity contribution in [2.75, 3.05) is 13.1 Å². The number of rotatable bonds is 4. The summed E-state index contributed by atoms with van der Waals surface area (Å²) in [5.74, 6) is -0.0679. The molecule has 2 N–H and O–H groups in total. The number of aryl methyl sites for hydroxylation is 1. The lowest BCUT2D eigenvalue weighted by Crippen LogP contribution is -2.39. The Bertz CT molecular complexity index is 818. The second-order valence-corrected chi connectivity index (χ2v) is 9.94. The highest BCUT2D eigenvalue weighted by molar-refractivity contribution is 7.89. The maximum atomic E-state index is 13.0. The van der Waals surface area contributed by atoms with Gasteiger partial charge in [-0.15, -0.1) is 0 Å². The van der Waals surface area contributed by atoms with E-state index in [-0.39, 0.29) is 16.8 Å². The minimum Gasteiger partial charge on any atom is -0.337 e. The standard InChI is InChI=1S/C20H29N3O3S/c1-14-6-7-15(12-19(14)27(25,26)22-17-4-2-3-5-17)20(24)23-11-10-16-8-9-18(13-23)21-16/h6-7,12,16-18,21-22H,2-5,8-11,13H2,1H3. The number of likely N-dealkylation sites (tertiary alicyclic amines) is 1. The van der Waals surface area contributed by atoms with Crippen LogP contribution in [0.1, 0.15) is 60.9 Å². The Morgan fingerprint density at radius 2 is 1.85 bits per heavy atom. The SMILES string of the molecule is Cc1ccc(C(=O)N2CCC3CCC(C2)N3)cc1S(=O)(=O)NC1CCCC1. The molecule has 0 spiro atoms. The fourth-order valence-corrected chi connectivity index (χ4v) is 6.23. The van der Waals surface area contributed by atoms with E-state index in [4.69, 9.17) is 0 Å². The molecule has 2 heterocycles. The van der Waals surface area contributed by atoms with Crippen molar-refractivity contribution in [3.63, 3.8) is 0 Å². The summed E-state index contributed by atoms with van der Waals surface area (Å²) in [6, 6.07) is 5.95.